The van der Waals surface area contributed by atoms with Crippen molar-refractivity contribution in [1.82, 2.24) is 25.1 Å². The van der Waals surface area contributed by atoms with Crippen LogP contribution < -0.4 is 5.73 Å². The molecule has 0 radical (unpaired) electrons. The maximum atomic E-state index is 6.30. The summed E-state index contributed by atoms with van der Waals surface area (Å²) in [5.41, 5.74) is 11.9. The standard InChI is InChI=1S/C26H29N7/c1-17-5-3-6-18(2)33(17)16-19-11-21(14-29-13-19)20-8-9-24-23(12-20)25(32-31-24)26(27)30-22-7-4-10-28-15-22/h4,7-15,17-18H,3,5-6,16H2,1-2H3,(H2,27,30)(H,31,32)/t17-,18+. The molecule has 4 heterocycles. The maximum Gasteiger partial charge on any atom is 0.152 e. The van der Waals surface area contributed by atoms with Gasteiger partial charge in [-0.15, -0.1) is 0 Å². The number of rotatable bonds is 5. The van der Waals surface area contributed by atoms with Gasteiger partial charge in [-0.3, -0.25) is 20.0 Å². The van der Waals surface area contributed by atoms with Crippen LogP contribution in [0.5, 0.6) is 0 Å². The highest BCUT2D eigenvalue weighted by molar-refractivity contribution is 6.08. The number of nitrogens with zero attached hydrogens (tertiary/aromatic N) is 5. The second-order valence-corrected chi connectivity index (χ2v) is 8.92. The number of amidine groups is 1. The molecule has 0 amide bonds. The van der Waals surface area contributed by atoms with Gasteiger partial charge in [0, 0.05) is 48.2 Å². The topological polar surface area (TPSA) is 96.1 Å². The lowest BCUT2D eigenvalue weighted by Crippen LogP contribution is -2.42. The fourth-order valence-corrected chi connectivity index (χ4v) is 4.73. The van der Waals surface area contributed by atoms with Crippen LogP contribution in [0.2, 0.25) is 0 Å². The molecule has 1 aliphatic heterocycles. The van der Waals surface area contributed by atoms with Crippen LogP contribution in [0.25, 0.3) is 22.0 Å². The predicted molar refractivity (Wildman–Crippen MR) is 132 cm³/mol. The Morgan fingerprint density at radius 2 is 1.91 bits per heavy atom. The minimum Gasteiger partial charge on any atom is -0.382 e. The SMILES string of the molecule is C[C@@H]1CCC[C@H](C)N1Cc1cncc(-c2ccc3[nH]nc(C(N)=Nc4cccnc4)c3c2)c1. The number of piperidine rings is 1. The average molecular weight is 440 g/mol. The molecule has 33 heavy (non-hydrogen) atoms. The van der Waals surface area contributed by atoms with E-state index in [1.807, 2.05) is 30.6 Å². The van der Waals surface area contributed by atoms with E-state index < -0.39 is 0 Å². The number of aromatic amines is 1. The van der Waals surface area contributed by atoms with E-state index in [0.29, 0.717) is 29.3 Å². The zero-order valence-corrected chi connectivity index (χ0v) is 19.1. The van der Waals surface area contributed by atoms with Gasteiger partial charge in [0.2, 0.25) is 0 Å². The number of hydrogen-bond donors (Lipinski definition) is 2. The van der Waals surface area contributed by atoms with Crippen molar-refractivity contribution in [1.29, 1.82) is 0 Å². The van der Waals surface area contributed by atoms with Crippen molar-refractivity contribution in [3.63, 3.8) is 0 Å². The Labute approximate surface area is 193 Å². The first-order valence-corrected chi connectivity index (χ1v) is 11.5. The van der Waals surface area contributed by atoms with Crippen molar-refractivity contribution in [2.75, 3.05) is 0 Å². The maximum absolute atomic E-state index is 6.30. The quantitative estimate of drug-likeness (QED) is 0.343. The molecule has 1 fully saturated rings. The molecule has 168 valence electrons. The molecule has 0 unspecified atom stereocenters. The highest BCUT2D eigenvalue weighted by Crippen LogP contribution is 2.28. The summed E-state index contributed by atoms with van der Waals surface area (Å²) < 4.78 is 0. The lowest BCUT2D eigenvalue weighted by Gasteiger charge is -2.39. The van der Waals surface area contributed by atoms with Gasteiger partial charge in [-0.1, -0.05) is 12.5 Å². The Balaban J connectivity index is 1.45. The van der Waals surface area contributed by atoms with Crippen LogP contribution in [0, 0.1) is 0 Å². The van der Waals surface area contributed by atoms with E-state index in [1.165, 1.54) is 24.8 Å². The Morgan fingerprint density at radius 3 is 2.70 bits per heavy atom. The highest BCUT2D eigenvalue weighted by atomic mass is 15.2. The van der Waals surface area contributed by atoms with Crippen LogP contribution in [0.15, 0.2) is 66.2 Å². The van der Waals surface area contributed by atoms with E-state index in [-0.39, 0.29) is 0 Å². The molecule has 7 heteroatoms. The normalized spacial score (nSPS) is 19.8. The van der Waals surface area contributed by atoms with Crippen molar-refractivity contribution in [3.05, 3.63) is 72.4 Å². The van der Waals surface area contributed by atoms with Crippen LogP contribution in [-0.4, -0.2) is 43.0 Å². The summed E-state index contributed by atoms with van der Waals surface area (Å²) in [6.07, 6.45) is 11.1. The summed E-state index contributed by atoms with van der Waals surface area (Å²) in [5.74, 6) is 0.353. The summed E-state index contributed by atoms with van der Waals surface area (Å²) in [6.45, 7) is 5.59. The Hall–Kier alpha value is -3.58. The molecule has 5 rings (SSSR count). The van der Waals surface area contributed by atoms with Gasteiger partial charge in [0.15, 0.2) is 5.84 Å². The van der Waals surface area contributed by atoms with Gasteiger partial charge < -0.3 is 5.73 Å². The van der Waals surface area contributed by atoms with Crippen LogP contribution in [0.4, 0.5) is 5.69 Å². The van der Waals surface area contributed by atoms with Crippen LogP contribution in [0.3, 0.4) is 0 Å². The lowest BCUT2D eigenvalue weighted by molar-refractivity contribution is 0.0952. The molecule has 1 aromatic carbocycles. The number of likely N-dealkylation sites (tertiary alicyclic amines) is 1. The monoisotopic (exact) mass is 439 g/mol. The number of benzene rings is 1. The van der Waals surface area contributed by atoms with Crippen molar-refractivity contribution < 1.29 is 0 Å². The second kappa shape index (κ2) is 9.11. The van der Waals surface area contributed by atoms with Gasteiger partial charge in [0.05, 0.1) is 17.4 Å². The van der Waals surface area contributed by atoms with E-state index in [4.69, 9.17) is 5.73 Å². The Kier molecular flexibility index (Phi) is 5.88. The first-order valence-electron chi connectivity index (χ1n) is 11.5. The number of pyridine rings is 2. The second-order valence-electron chi connectivity index (χ2n) is 8.92. The number of H-pyrrole nitrogens is 1. The third-order valence-corrected chi connectivity index (χ3v) is 6.57. The zero-order chi connectivity index (χ0) is 22.8. The first kappa shape index (κ1) is 21.3. The Morgan fingerprint density at radius 1 is 1.06 bits per heavy atom. The van der Waals surface area contributed by atoms with Crippen LogP contribution >= 0.6 is 0 Å². The smallest absolute Gasteiger partial charge is 0.152 e. The summed E-state index contributed by atoms with van der Waals surface area (Å²) in [4.78, 5) is 15.7. The molecule has 0 bridgehead atoms. The van der Waals surface area contributed by atoms with E-state index in [0.717, 1.165) is 28.6 Å². The zero-order valence-electron chi connectivity index (χ0n) is 19.1. The van der Waals surface area contributed by atoms with Gasteiger partial charge >= 0.3 is 0 Å². The molecule has 3 N–H and O–H groups in total. The molecule has 0 spiro atoms. The third-order valence-electron chi connectivity index (χ3n) is 6.57. The van der Waals surface area contributed by atoms with Crippen molar-refractivity contribution >= 4 is 22.4 Å². The average Bonchev–Trinajstić information content (AvgIpc) is 3.26. The van der Waals surface area contributed by atoms with Crippen molar-refractivity contribution in [3.8, 4) is 11.1 Å². The number of nitrogens with one attached hydrogen (secondary N) is 1. The number of nitrogens with two attached hydrogens (primary N) is 1. The lowest BCUT2D eigenvalue weighted by atomic mass is 9.96. The molecule has 0 aliphatic carbocycles. The molecule has 4 aromatic rings. The number of aromatic nitrogens is 4. The van der Waals surface area contributed by atoms with E-state index in [2.05, 4.69) is 62.1 Å². The Bertz CT molecular complexity index is 1270. The van der Waals surface area contributed by atoms with Crippen LogP contribution in [0.1, 0.15) is 44.4 Å². The van der Waals surface area contributed by atoms with Crippen LogP contribution in [-0.2, 0) is 6.54 Å². The summed E-state index contributed by atoms with van der Waals surface area (Å²) in [7, 11) is 0. The molecular weight excluding hydrogens is 410 g/mol. The van der Waals surface area contributed by atoms with Crippen molar-refractivity contribution in [2.45, 2.75) is 51.7 Å². The number of hydrogen-bond acceptors (Lipinski definition) is 5. The van der Waals surface area contributed by atoms with Gasteiger partial charge in [0.1, 0.15) is 5.69 Å². The van der Waals surface area contributed by atoms with Gasteiger partial charge in [-0.2, -0.15) is 5.10 Å². The van der Waals surface area contributed by atoms with Gasteiger partial charge in [-0.05, 0) is 68.1 Å². The predicted octanol–water partition coefficient (Wildman–Crippen LogP) is 4.82. The van der Waals surface area contributed by atoms with E-state index >= 15 is 0 Å². The summed E-state index contributed by atoms with van der Waals surface area (Å²) in [5, 5.41) is 8.41. The fourth-order valence-electron chi connectivity index (χ4n) is 4.73. The summed E-state index contributed by atoms with van der Waals surface area (Å²) >= 11 is 0. The van der Waals surface area contributed by atoms with E-state index in [9.17, 15) is 0 Å². The highest BCUT2D eigenvalue weighted by Gasteiger charge is 2.24. The number of aliphatic imine (C=N–C) groups is 1. The molecule has 7 nitrogen and oxygen atoms in total. The number of fused-ring (bicyclic) bond motifs is 1. The first-order chi connectivity index (χ1) is 16.1. The van der Waals surface area contributed by atoms with E-state index in [1.54, 1.807) is 12.4 Å². The molecular formula is C26H29N7. The minimum atomic E-state index is 0.353. The summed E-state index contributed by atoms with van der Waals surface area (Å²) in [6, 6.07) is 13.4. The minimum absolute atomic E-state index is 0.353. The molecule has 0 saturated carbocycles. The fraction of sp³-hybridized carbons (Fsp3) is 0.308. The van der Waals surface area contributed by atoms with Crippen molar-refractivity contribution in [2.24, 2.45) is 10.7 Å². The largest absolute Gasteiger partial charge is 0.382 e. The molecule has 3 aromatic heterocycles. The third kappa shape index (κ3) is 4.50. The molecule has 2 atom stereocenters. The van der Waals surface area contributed by atoms with Gasteiger partial charge in [0.25, 0.3) is 0 Å². The molecule has 1 saturated heterocycles. The van der Waals surface area contributed by atoms with Gasteiger partial charge in [-0.25, -0.2) is 4.99 Å². The molecule has 1 aliphatic rings.